The van der Waals surface area contributed by atoms with Crippen molar-refractivity contribution in [1.82, 2.24) is 15.0 Å². The van der Waals surface area contributed by atoms with Gasteiger partial charge in [0.1, 0.15) is 6.04 Å². The molecule has 1 amide bonds. The minimum atomic E-state index is -3.73. The molecule has 1 aromatic carbocycles. The summed E-state index contributed by atoms with van der Waals surface area (Å²) in [4.78, 5) is 17.7. The van der Waals surface area contributed by atoms with Crippen molar-refractivity contribution in [3.8, 4) is 11.4 Å². The van der Waals surface area contributed by atoms with Gasteiger partial charge in [0.25, 0.3) is 0 Å². The summed E-state index contributed by atoms with van der Waals surface area (Å²) < 4.78 is 27.8. The molecule has 1 atom stereocenters. The lowest BCUT2D eigenvalue weighted by atomic mass is 10.2. The Morgan fingerprint density at radius 1 is 1.35 bits per heavy atom. The number of rotatable bonds is 3. The molecule has 0 saturated carbocycles. The summed E-state index contributed by atoms with van der Waals surface area (Å²) in [6.07, 6.45) is 1.68. The summed E-state index contributed by atoms with van der Waals surface area (Å²) in [7, 11) is -3.73. The Balaban J connectivity index is 1.86. The molecule has 0 aliphatic carbocycles. The van der Waals surface area contributed by atoms with Crippen molar-refractivity contribution in [3.05, 3.63) is 30.2 Å². The predicted octanol–water partition coefficient (Wildman–Crippen LogP) is 1.07. The average Bonchev–Trinajstić information content (AvgIpc) is 3.15. The van der Waals surface area contributed by atoms with Gasteiger partial charge in [0.15, 0.2) is 0 Å². The quantitative estimate of drug-likeness (QED) is 0.895. The third-order valence-corrected chi connectivity index (χ3v) is 4.75. The second-order valence-corrected chi connectivity index (χ2v) is 6.96. The Kier molecular flexibility index (Phi) is 3.90. The van der Waals surface area contributed by atoms with Crippen LogP contribution < -0.4 is 5.14 Å². The van der Waals surface area contributed by atoms with E-state index in [1.54, 1.807) is 17.0 Å². The van der Waals surface area contributed by atoms with E-state index in [9.17, 15) is 13.2 Å². The summed E-state index contributed by atoms with van der Waals surface area (Å²) in [5.74, 6) is 0.712. The number of carbonyl (C=O) groups excluding carboxylic acids is 1. The highest BCUT2D eigenvalue weighted by Crippen LogP contribution is 2.32. The number of nitrogens with two attached hydrogens (primary N) is 1. The first kappa shape index (κ1) is 15.6. The van der Waals surface area contributed by atoms with Crippen molar-refractivity contribution in [2.24, 2.45) is 5.14 Å². The van der Waals surface area contributed by atoms with Gasteiger partial charge >= 0.3 is 0 Å². The SMILES string of the molecule is CC(=O)N1CCC[C@@H]1c1nc(-c2ccc(S(N)(=O)=O)cc2)no1. The van der Waals surface area contributed by atoms with E-state index in [2.05, 4.69) is 10.1 Å². The van der Waals surface area contributed by atoms with Crippen molar-refractivity contribution < 1.29 is 17.7 Å². The number of nitrogens with zero attached hydrogens (tertiary/aromatic N) is 3. The van der Waals surface area contributed by atoms with Gasteiger partial charge in [0, 0.05) is 19.0 Å². The summed E-state index contributed by atoms with van der Waals surface area (Å²) in [5, 5.41) is 8.97. The number of hydrogen-bond donors (Lipinski definition) is 1. The highest BCUT2D eigenvalue weighted by Gasteiger charge is 2.32. The van der Waals surface area contributed by atoms with E-state index in [1.165, 1.54) is 19.1 Å². The molecule has 0 spiro atoms. The maximum Gasteiger partial charge on any atom is 0.249 e. The van der Waals surface area contributed by atoms with Crippen LogP contribution in [0, 0.1) is 0 Å². The first-order valence-electron chi connectivity index (χ1n) is 7.10. The van der Waals surface area contributed by atoms with Crippen molar-refractivity contribution >= 4 is 15.9 Å². The summed E-state index contributed by atoms with van der Waals surface area (Å²) >= 11 is 0. The summed E-state index contributed by atoms with van der Waals surface area (Å²) in [6, 6.07) is 5.70. The molecule has 3 rings (SSSR count). The molecule has 2 N–H and O–H groups in total. The van der Waals surface area contributed by atoms with Gasteiger partial charge < -0.3 is 9.42 Å². The Hall–Kier alpha value is -2.26. The third-order valence-electron chi connectivity index (χ3n) is 3.83. The van der Waals surface area contributed by atoms with Crippen LogP contribution in [0.25, 0.3) is 11.4 Å². The normalized spacial score (nSPS) is 18.3. The van der Waals surface area contributed by atoms with E-state index in [0.29, 0.717) is 23.8 Å². The van der Waals surface area contributed by atoms with Crippen LogP contribution in [0.1, 0.15) is 31.7 Å². The van der Waals surface area contributed by atoms with Gasteiger partial charge in [-0.1, -0.05) is 5.16 Å². The zero-order valence-corrected chi connectivity index (χ0v) is 13.3. The van der Waals surface area contributed by atoms with Gasteiger partial charge in [-0.3, -0.25) is 4.79 Å². The monoisotopic (exact) mass is 336 g/mol. The van der Waals surface area contributed by atoms with Crippen molar-refractivity contribution in [1.29, 1.82) is 0 Å². The fourth-order valence-corrected chi connectivity index (χ4v) is 3.20. The summed E-state index contributed by atoms with van der Waals surface area (Å²) in [6.45, 7) is 2.20. The maximum absolute atomic E-state index is 11.6. The van der Waals surface area contributed by atoms with E-state index < -0.39 is 10.0 Å². The molecular weight excluding hydrogens is 320 g/mol. The number of amides is 1. The zero-order chi connectivity index (χ0) is 16.6. The third kappa shape index (κ3) is 3.10. The smallest absolute Gasteiger partial charge is 0.249 e. The molecule has 2 aromatic rings. The molecule has 1 aromatic heterocycles. The first-order chi connectivity index (χ1) is 10.9. The zero-order valence-electron chi connectivity index (χ0n) is 12.5. The molecule has 1 saturated heterocycles. The largest absolute Gasteiger partial charge is 0.337 e. The number of sulfonamides is 1. The van der Waals surface area contributed by atoms with Gasteiger partial charge in [-0.2, -0.15) is 4.98 Å². The highest BCUT2D eigenvalue weighted by molar-refractivity contribution is 7.89. The van der Waals surface area contributed by atoms with E-state index in [1.807, 2.05) is 0 Å². The molecule has 8 nitrogen and oxygen atoms in total. The van der Waals surface area contributed by atoms with Crippen LogP contribution >= 0.6 is 0 Å². The predicted molar refractivity (Wildman–Crippen MR) is 80.5 cm³/mol. The Morgan fingerprint density at radius 2 is 2.04 bits per heavy atom. The number of likely N-dealkylation sites (tertiary alicyclic amines) is 1. The molecule has 1 fully saturated rings. The van der Waals surface area contributed by atoms with Crippen LogP contribution in [0.4, 0.5) is 0 Å². The van der Waals surface area contributed by atoms with Crippen LogP contribution in [-0.2, 0) is 14.8 Å². The second-order valence-electron chi connectivity index (χ2n) is 5.40. The standard InChI is InChI=1S/C14H16N4O4S/c1-9(19)18-8-2-3-12(18)14-16-13(17-22-14)10-4-6-11(7-5-10)23(15,20)21/h4-7,12H,2-3,8H2,1H3,(H2,15,20,21)/t12-/m1/s1. The number of hydrogen-bond acceptors (Lipinski definition) is 6. The molecule has 2 heterocycles. The molecule has 9 heteroatoms. The van der Waals surface area contributed by atoms with E-state index in [4.69, 9.17) is 9.66 Å². The minimum absolute atomic E-state index is 0.0171. The van der Waals surface area contributed by atoms with Crippen LogP contribution in [0.2, 0.25) is 0 Å². The van der Waals surface area contributed by atoms with Crippen molar-refractivity contribution in [3.63, 3.8) is 0 Å². The Morgan fingerprint density at radius 3 is 2.65 bits per heavy atom. The fraction of sp³-hybridized carbons (Fsp3) is 0.357. The lowest BCUT2D eigenvalue weighted by molar-refractivity contribution is -0.130. The minimum Gasteiger partial charge on any atom is -0.337 e. The lowest BCUT2D eigenvalue weighted by Crippen LogP contribution is -2.28. The van der Waals surface area contributed by atoms with Crippen LogP contribution in [0.3, 0.4) is 0 Å². The average molecular weight is 336 g/mol. The number of aromatic nitrogens is 2. The van der Waals surface area contributed by atoms with Crippen LogP contribution in [0.15, 0.2) is 33.7 Å². The molecule has 1 aliphatic heterocycles. The van der Waals surface area contributed by atoms with E-state index in [0.717, 1.165) is 12.8 Å². The number of benzene rings is 1. The van der Waals surface area contributed by atoms with Crippen molar-refractivity contribution in [2.75, 3.05) is 6.54 Å². The summed E-state index contributed by atoms with van der Waals surface area (Å²) in [5.41, 5.74) is 0.611. The van der Waals surface area contributed by atoms with E-state index in [-0.39, 0.29) is 16.8 Å². The molecular formula is C14H16N4O4S. The van der Waals surface area contributed by atoms with Crippen LogP contribution in [0.5, 0.6) is 0 Å². The molecule has 0 radical (unpaired) electrons. The topological polar surface area (TPSA) is 119 Å². The number of primary sulfonamides is 1. The first-order valence-corrected chi connectivity index (χ1v) is 8.65. The van der Waals surface area contributed by atoms with Gasteiger partial charge in [-0.25, -0.2) is 13.6 Å². The Bertz CT molecular complexity index is 829. The maximum atomic E-state index is 11.6. The fourth-order valence-electron chi connectivity index (χ4n) is 2.68. The molecule has 0 bridgehead atoms. The number of carbonyl (C=O) groups is 1. The van der Waals surface area contributed by atoms with Crippen LogP contribution in [-0.4, -0.2) is 35.9 Å². The molecule has 122 valence electrons. The van der Waals surface area contributed by atoms with E-state index >= 15 is 0 Å². The van der Waals surface area contributed by atoms with Gasteiger partial charge in [-0.05, 0) is 37.1 Å². The lowest BCUT2D eigenvalue weighted by Gasteiger charge is -2.19. The molecule has 23 heavy (non-hydrogen) atoms. The van der Waals surface area contributed by atoms with Crippen molar-refractivity contribution in [2.45, 2.75) is 30.7 Å². The van der Waals surface area contributed by atoms with Gasteiger partial charge in [-0.15, -0.1) is 0 Å². The highest BCUT2D eigenvalue weighted by atomic mass is 32.2. The molecule has 1 aliphatic rings. The second kappa shape index (κ2) is 5.74. The van der Waals surface area contributed by atoms with Gasteiger partial charge in [0.2, 0.25) is 27.6 Å². The Labute approximate surface area is 133 Å². The van der Waals surface area contributed by atoms with Gasteiger partial charge in [0.05, 0.1) is 4.90 Å². The molecule has 0 unspecified atom stereocenters.